The van der Waals surface area contributed by atoms with Crippen LogP contribution in [0.25, 0.3) is 11.1 Å². The van der Waals surface area contributed by atoms with E-state index < -0.39 is 0 Å². The molecule has 2 saturated heterocycles. The van der Waals surface area contributed by atoms with Gasteiger partial charge in [0.05, 0.1) is 0 Å². The molecule has 0 bridgehead atoms. The van der Waals surface area contributed by atoms with Gasteiger partial charge in [-0.2, -0.15) is 0 Å². The zero-order chi connectivity index (χ0) is 16.5. The second-order valence-electron chi connectivity index (χ2n) is 6.49. The summed E-state index contributed by atoms with van der Waals surface area (Å²) in [6.07, 6.45) is 1.09. The number of likely N-dealkylation sites (tertiary alicyclic amines) is 1. The predicted molar refractivity (Wildman–Crippen MR) is 105 cm³/mol. The number of nitrogens with one attached hydrogen (secondary N) is 2. The molecular weight excluding hydrogens is 357 g/mol. The van der Waals surface area contributed by atoms with Crippen LogP contribution < -0.4 is 10.6 Å². The van der Waals surface area contributed by atoms with Gasteiger partial charge in [0.15, 0.2) is 0 Å². The van der Waals surface area contributed by atoms with E-state index in [2.05, 4.69) is 10.6 Å². The summed E-state index contributed by atoms with van der Waals surface area (Å²) < 4.78 is 0. The van der Waals surface area contributed by atoms with Crippen molar-refractivity contribution in [2.75, 3.05) is 25.0 Å². The van der Waals surface area contributed by atoms with Crippen LogP contribution in [0.4, 0.5) is 10.5 Å². The third-order valence-corrected chi connectivity index (χ3v) is 5.21. The van der Waals surface area contributed by atoms with Gasteiger partial charge in [-0.05, 0) is 47.7 Å². The molecule has 2 aromatic carbocycles. The minimum Gasteiger partial charge on any atom is -0.320 e. The maximum Gasteiger partial charge on any atom is 0.322 e. The number of nitrogens with zero attached hydrogens (tertiary/aromatic N) is 1. The average Bonchev–Trinajstić information content (AvgIpc) is 3.18. The van der Waals surface area contributed by atoms with Gasteiger partial charge in [0.2, 0.25) is 0 Å². The fourth-order valence-corrected chi connectivity index (χ4v) is 3.93. The van der Waals surface area contributed by atoms with Gasteiger partial charge in [-0.3, -0.25) is 0 Å². The number of rotatable bonds is 2. The third kappa shape index (κ3) is 3.76. The van der Waals surface area contributed by atoms with E-state index in [0.717, 1.165) is 42.9 Å². The SMILES string of the molecule is Cl.O=C(Nc1cccc(-c2cccc(Cl)c2)c1)N1CC[C@H]2CNC[C@H]21. The standard InChI is InChI=1S/C19H20ClN3O.ClH/c20-16-5-1-3-13(9-16)14-4-2-6-17(10-14)22-19(24)23-8-7-15-11-21-12-18(15)23;/h1-6,9-10,15,18,21H,7-8,11-12H2,(H,22,24);1H/t15-,18+;/m0./s1. The Kier molecular flexibility index (Phi) is 5.52. The highest BCUT2D eigenvalue weighted by atomic mass is 35.5. The molecule has 4 nitrogen and oxygen atoms in total. The van der Waals surface area contributed by atoms with Crippen LogP contribution >= 0.6 is 24.0 Å². The number of fused-ring (bicyclic) bond motifs is 1. The monoisotopic (exact) mass is 377 g/mol. The van der Waals surface area contributed by atoms with Crippen LogP contribution in [-0.4, -0.2) is 36.6 Å². The lowest BCUT2D eigenvalue weighted by Gasteiger charge is -2.23. The van der Waals surface area contributed by atoms with Crippen molar-refractivity contribution in [1.29, 1.82) is 0 Å². The van der Waals surface area contributed by atoms with Gasteiger partial charge >= 0.3 is 6.03 Å². The fraction of sp³-hybridized carbons (Fsp3) is 0.316. The van der Waals surface area contributed by atoms with Gasteiger partial charge in [0, 0.05) is 36.4 Å². The molecule has 4 rings (SSSR count). The van der Waals surface area contributed by atoms with E-state index >= 15 is 0 Å². The highest BCUT2D eigenvalue weighted by molar-refractivity contribution is 6.30. The zero-order valence-electron chi connectivity index (χ0n) is 13.7. The molecule has 2 aromatic rings. The Balaban J connectivity index is 0.00000182. The molecule has 2 aliphatic rings. The number of hydrogen-bond donors (Lipinski definition) is 2. The fourth-order valence-electron chi connectivity index (χ4n) is 3.74. The highest BCUT2D eigenvalue weighted by Crippen LogP contribution is 2.29. The number of halogens is 2. The van der Waals surface area contributed by atoms with Crippen molar-refractivity contribution in [3.8, 4) is 11.1 Å². The molecule has 2 atom stereocenters. The minimum absolute atomic E-state index is 0. The molecule has 0 saturated carbocycles. The summed E-state index contributed by atoms with van der Waals surface area (Å²) in [7, 11) is 0. The van der Waals surface area contributed by atoms with Crippen LogP contribution in [0.1, 0.15) is 6.42 Å². The molecule has 0 aromatic heterocycles. The van der Waals surface area contributed by atoms with E-state index in [9.17, 15) is 4.79 Å². The molecule has 132 valence electrons. The van der Waals surface area contributed by atoms with Gasteiger partial charge in [-0.25, -0.2) is 4.79 Å². The lowest BCUT2D eigenvalue weighted by Crippen LogP contribution is -2.41. The maximum atomic E-state index is 12.6. The molecule has 2 N–H and O–H groups in total. The second-order valence-corrected chi connectivity index (χ2v) is 6.93. The van der Waals surface area contributed by atoms with Crippen molar-refractivity contribution in [3.63, 3.8) is 0 Å². The summed E-state index contributed by atoms with van der Waals surface area (Å²) in [6.45, 7) is 2.77. The van der Waals surface area contributed by atoms with Crippen molar-refractivity contribution in [2.24, 2.45) is 5.92 Å². The number of carbonyl (C=O) groups is 1. The zero-order valence-corrected chi connectivity index (χ0v) is 15.3. The normalized spacial score (nSPS) is 21.6. The number of urea groups is 1. The minimum atomic E-state index is -0.00514. The Morgan fingerprint density at radius 2 is 1.88 bits per heavy atom. The molecule has 6 heteroatoms. The summed E-state index contributed by atoms with van der Waals surface area (Å²) in [5.74, 6) is 0.605. The molecular formula is C19H21Cl2N3O. The van der Waals surface area contributed by atoms with Crippen molar-refractivity contribution in [2.45, 2.75) is 12.5 Å². The summed E-state index contributed by atoms with van der Waals surface area (Å²) in [4.78, 5) is 14.6. The van der Waals surface area contributed by atoms with E-state index in [0.29, 0.717) is 17.0 Å². The molecule has 0 aliphatic carbocycles. The third-order valence-electron chi connectivity index (χ3n) is 4.98. The van der Waals surface area contributed by atoms with E-state index in [-0.39, 0.29) is 18.4 Å². The van der Waals surface area contributed by atoms with Gasteiger partial charge < -0.3 is 15.5 Å². The van der Waals surface area contributed by atoms with Crippen LogP contribution in [-0.2, 0) is 0 Å². The second kappa shape index (κ2) is 7.65. The molecule has 0 spiro atoms. The van der Waals surface area contributed by atoms with Gasteiger partial charge in [0.25, 0.3) is 0 Å². The van der Waals surface area contributed by atoms with Crippen molar-refractivity contribution in [1.82, 2.24) is 10.2 Å². The maximum absolute atomic E-state index is 12.6. The lowest BCUT2D eigenvalue weighted by atomic mass is 10.1. The Morgan fingerprint density at radius 1 is 1.12 bits per heavy atom. The highest BCUT2D eigenvalue weighted by Gasteiger charge is 2.39. The Hall–Kier alpha value is -1.75. The summed E-state index contributed by atoms with van der Waals surface area (Å²) >= 11 is 6.07. The smallest absolute Gasteiger partial charge is 0.320 e. The van der Waals surface area contributed by atoms with Gasteiger partial charge in [-0.15, -0.1) is 12.4 Å². The molecule has 2 amide bonds. The topological polar surface area (TPSA) is 44.4 Å². The first-order valence-electron chi connectivity index (χ1n) is 8.35. The Labute approximate surface area is 159 Å². The van der Waals surface area contributed by atoms with E-state index in [4.69, 9.17) is 11.6 Å². The van der Waals surface area contributed by atoms with E-state index in [1.54, 1.807) is 0 Å². The van der Waals surface area contributed by atoms with E-state index in [1.165, 1.54) is 0 Å². The predicted octanol–water partition coefficient (Wildman–Crippen LogP) is 4.25. The first-order chi connectivity index (χ1) is 11.7. The number of amides is 2. The number of benzene rings is 2. The van der Waals surface area contributed by atoms with Crippen LogP contribution in [0.15, 0.2) is 48.5 Å². The quantitative estimate of drug-likeness (QED) is 0.821. The summed E-state index contributed by atoms with van der Waals surface area (Å²) in [5, 5.41) is 7.13. The van der Waals surface area contributed by atoms with Crippen molar-refractivity contribution in [3.05, 3.63) is 53.6 Å². The van der Waals surface area contributed by atoms with Crippen molar-refractivity contribution >= 4 is 35.7 Å². The first kappa shape index (κ1) is 18.1. The lowest BCUT2D eigenvalue weighted by molar-refractivity contribution is 0.206. The largest absolute Gasteiger partial charge is 0.322 e. The molecule has 0 unspecified atom stereocenters. The molecule has 2 fully saturated rings. The van der Waals surface area contributed by atoms with Crippen LogP contribution in [0.2, 0.25) is 5.02 Å². The Bertz CT molecular complexity index is 768. The van der Waals surface area contributed by atoms with Crippen molar-refractivity contribution < 1.29 is 4.79 Å². The van der Waals surface area contributed by atoms with Gasteiger partial charge in [-0.1, -0.05) is 35.9 Å². The number of carbonyl (C=O) groups excluding carboxylic acids is 1. The van der Waals surface area contributed by atoms with E-state index in [1.807, 2.05) is 53.4 Å². The molecule has 25 heavy (non-hydrogen) atoms. The Morgan fingerprint density at radius 3 is 2.68 bits per heavy atom. The van der Waals surface area contributed by atoms with Crippen LogP contribution in [0, 0.1) is 5.92 Å². The molecule has 2 heterocycles. The van der Waals surface area contributed by atoms with Gasteiger partial charge in [0.1, 0.15) is 0 Å². The number of anilines is 1. The molecule has 0 radical (unpaired) electrons. The summed E-state index contributed by atoms with van der Waals surface area (Å²) in [5.41, 5.74) is 2.89. The molecule has 2 aliphatic heterocycles. The van der Waals surface area contributed by atoms with Crippen LogP contribution in [0.3, 0.4) is 0 Å². The summed E-state index contributed by atoms with van der Waals surface area (Å²) in [6, 6.07) is 16.0. The first-order valence-corrected chi connectivity index (χ1v) is 8.73. The number of hydrogen-bond acceptors (Lipinski definition) is 2. The van der Waals surface area contributed by atoms with Crippen LogP contribution in [0.5, 0.6) is 0 Å². The average molecular weight is 378 g/mol.